The molecule has 0 radical (unpaired) electrons. The van der Waals surface area contributed by atoms with E-state index in [4.69, 9.17) is 9.84 Å². The summed E-state index contributed by atoms with van der Waals surface area (Å²) in [6.07, 6.45) is 0. The quantitative estimate of drug-likeness (QED) is 0.694. The van der Waals surface area contributed by atoms with Crippen LogP contribution in [0, 0.1) is 5.92 Å². The van der Waals surface area contributed by atoms with Crippen LogP contribution in [0.1, 0.15) is 13.8 Å². The van der Waals surface area contributed by atoms with E-state index in [-0.39, 0.29) is 5.92 Å². The lowest BCUT2D eigenvalue weighted by atomic mass is 10.1. The molecule has 0 aromatic carbocycles. The highest BCUT2D eigenvalue weighted by Gasteiger charge is 2.24. The van der Waals surface area contributed by atoms with Gasteiger partial charge in [0.25, 0.3) is 0 Å². The normalized spacial score (nSPS) is 12.3. The van der Waals surface area contributed by atoms with Gasteiger partial charge < -0.3 is 20.1 Å². The molecule has 94 valence electrons. The number of nitrogens with zero attached hydrogens (tertiary/aromatic N) is 1. The van der Waals surface area contributed by atoms with Gasteiger partial charge in [-0.1, -0.05) is 13.8 Å². The number of ether oxygens (including phenoxy) is 1. The first-order valence-electron chi connectivity index (χ1n) is 5.13. The Hall–Kier alpha value is -1.30. The molecule has 0 heterocycles. The van der Waals surface area contributed by atoms with Crippen molar-refractivity contribution in [3.05, 3.63) is 0 Å². The minimum Gasteiger partial charge on any atom is -0.480 e. The molecule has 0 aliphatic heterocycles. The summed E-state index contributed by atoms with van der Waals surface area (Å²) in [4.78, 5) is 23.8. The second-order valence-corrected chi connectivity index (χ2v) is 3.92. The molecule has 0 aromatic heterocycles. The summed E-state index contributed by atoms with van der Waals surface area (Å²) in [5, 5.41) is 11.3. The standard InChI is InChI=1S/C10H20N2O4/c1-7(2)8(9(13)14)11-10(15)12(3)5-6-16-4/h7-8H,5-6H2,1-4H3,(H,11,15)(H,13,14)/t8-/m0/s1. The molecule has 0 aliphatic carbocycles. The lowest BCUT2D eigenvalue weighted by molar-refractivity contribution is -0.140. The van der Waals surface area contributed by atoms with Gasteiger partial charge in [-0.2, -0.15) is 0 Å². The summed E-state index contributed by atoms with van der Waals surface area (Å²) in [6, 6.07) is -1.27. The van der Waals surface area contributed by atoms with E-state index in [1.807, 2.05) is 0 Å². The largest absolute Gasteiger partial charge is 0.480 e. The Labute approximate surface area is 95.6 Å². The van der Waals surface area contributed by atoms with Gasteiger partial charge in [0.05, 0.1) is 6.61 Å². The molecule has 0 rings (SSSR count). The number of nitrogens with one attached hydrogen (secondary N) is 1. The number of carboxylic acid groups (broad SMARTS) is 1. The van der Waals surface area contributed by atoms with Crippen LogP contribution in [0.2, 0.25) is 0 Å². The number of methoxy groups -OCH3 is 1. The van der Waals surface area contributed by atoms with Crippen molar-refractivity contribution in [3.8, 4) is 0 Å². The molecule has 0 spiro atoms. The Balaban J connectivity index is 4.24. The third-order valence-electron chi connectivity index (χ3n) is 2.19. The highest BCUT2D eigenvalue weighted by atomic mass is 16.5. The molecule has 6 heteroatoms. The molecule has 0 bridgehead atoms. The average molecular weight is 232 g/mol. The molecule has 0 saturated carbocycles. The fourth-order valence-electron chi connectivity index (χ4n) is 1.09. The Morgan fingerprint density at radius 2 is 2.00 bits per heavy atom. The first kappa shape index (κ1) is 14.7. The van der Waals surface area contributed by atoms with Crippen LogP contribution in [0.15, 0.2) is 0 Å². The smallest absolute Gasteiger partial charge is 0.326 e. The lowest BCUT2D eigenvalue weighted by Gasteiger charge is -2.23. The van der Waals surface area contributed by atoms with Gasteiger partial charge in [0, 0.05) is 20.7 Å². The molecule has 1 atom stereocenters. The Bertz CT molecular complexity index is 243. The van der Waals surface area contributed by atoms with Crippen molar-refractivity contribution < 1.29 is 19.4 Å². The number of aliphatic carboxylic acids is 1. The number of rotatable bonds is 6. The van der Waals surface area contributed by atoms with Gasteiger partial charge in [-0.15, -0.1) is 0 Å². The first-order chi connectivity index (χ1) is 7.40. The van der Waals surface area contributed by atoms with E-state index in [9.17, 15) is 9.59 Å². The SMILES string of the molecule is COCCN(C)C(=O)N[C@H](C(=O)O)C(C)C. The predicted octanol–water partition coefficient (Wildman–Crippen LogP) is 0.383. The summed E-state index contributed by atoms with van der Waals surface area (Å²) in [6.45, 7) is 4.33. The van der Waals surface area contributed by atoms with Crippen LogP contribution < -0.4 is 5.32 Å². The van der Waals surface area contributed by atoms with E-state index in [0.29, 0.717) is 13.2 Å². The van der Waals surface area contributed by atoms with Gasteiger partial charge in [-0.25, -0.2) is 9.59 Å². The van der Waals surface area contributed by atoms with Crippen molar-refractivity contribution in [3.63, 3.8) is 0 Å². The maximum absolute atomic E-state index is 11.6. The van der Waals surface area contributed by atoms with Crippen LogP contribution >= 0.6 is 0 Å². The monoisotopic (exact) mass is 232 g/mol. The van der Waals surface area contributed by atoms with Gasteiger partial charge in [-0.3, -0.25) is 0 Å². The Morgan fingerprint density at radius 3 is 2.38 bits per heavy atom. The fraction of sp³-hybridized carbons (Fsp3) is 0.800. The summed E-state index contributed by atoms with van der Waals surface area (Å²) < 4.78 is 4.82. The summed E-state index contributed by atoms with van der Waals surface area (Å²) in [5.41, 5.74) is 0. The molecule has 2 amide bonds. The van der Waals surface area contributed by atoms with Gasteiger partial charge in [0.15, 0.2) is 0 Å². The van der Waals surface area contributed by atoms with E-state index in [0.717, 1.165) is 0 Å². The van der Waals surface area contributed by atoms with Crippen LogP contribution in [0.5, 0.6) is 0 Å². The second-order valence-electron chi connectivity index (χ2n) is 3.92. The number of amides is 2. The van der Waals surface area contributed by atoms with E-state index in [2.05, 4.69) is 5.32 Å². The third kappa shape index (κ3) is 4.97. The van der Waals surface area contributed by atoms with Gasteiger partial charge in [-0.05, 0) is 5.92 Å². The molecule has 0 unspecified atom stereocenters. The Morgan fingerprint density at radius 1 is 1.44 bits per heavy atom. The highest BCUT2D eigenvalue weighted by molar-refractivity contribution is 5.82. The fourth-order valence-corrected chi connectivity index (χ4v) is 1.09. The van der Waals surface area contributed by atoms with Crippen LogP contribution in [0.25, 0.3) is 0 Å². The number of hydrogen-bond acceptors (Lipinski definition) is 3. The minimum absolute atomic E-state index is 0.155. The van der Waals surface area contributed by atoms with Crippen LogP contribution in [-0.4, -0.2) is 55.4 Å². The summed E-state index contributed by atoms with van der Waals surface area (Å²) in [5.74, 6) is -1.18. The number of hydrogen-bond donors (Lipinski definition) is 2. The van der Waals surface area contributed by atoms with Crippen molar-refractivity contribution in [2.24, 2.45) is 5.92 Å². The zero-order valence-electron chi connectivity index (χ0n) is 10.2. The van der Waals surface area contributed by atoms with E-state index >= 15 is 0 Å². The van der Waals surface area contributed by atoms with Gasteiger partial charge >= 0.3 is 12.0 Å². The number of carbonyl (C=O) groups excluding carboxylic acids is 1. The van der Waals surface area contributed by atoms with E-state index in [1.165, 1.54) is 4.90 Å². The molecular formula is C10H20N2O4. The number of urea groups is 1. The second kappa shape index (κ2) is 7.05. The molecule has 6 nitrogen and oxygen atoms in total. The molecule has 0 aliphatic rings. The van der Waals surface area contributed by atoms with Crippen LogP contribution in [-0.2, 0) is 9.53 Å². The van der Waals surface area contributed by atoms with Crippen molar-refractivity contribution >= 4 is 12.0 Å². The van der Waals surface area contributed by atoms with Crippen molar-refractivity contribution in [1.29, 1.82) is 0 Å². The zero-order valence-corrected chi connectivity index (χ0v) is 10.2. The molecule has 0 fully saturated rings. The molecular weight excluding hydrogens is 212 g/mol. The number of carbonyl (C=O) groups is 2. The number of carboxylic acids is 1. The van der Waals surface area contributed by atoms with Crippen LogP contribution in [0.3, 0.4) is 0 Å². The van der Waals surface area contributed by atoms with E-state index in [1.54, 1.807) is 28.0 Å². The van der Waals surface area contributed by atoms with Crippen molar-refractivity contribution in [1.82, 2.24) is 10.2 Å². The predicted molar refractivity (Wildman–Crippen MR) is 59.3 cm³/mol. The maximum atomic E-state index is 11.6. The number of likely N-dealkylation sites (N-methyl/N-ethyl adjacent to an activating group) is 1. The average Bonchev–Trinajstić information content (AvgIpc) is 2.20. The topological polar surface area (TPSA) is 78.9 Å². The lowest BCUT2D eigenvalue weighted by Crippen LogP contribution is -2.49. The minimum atomic E-state index is -1.02. The van der Waals surface area contributed by atoms with Gasteiger partial charge in [0.2, 0.25) is 0 Å². The highest BCUT2D eigenvalue weighted by Crippen LogP contribution is 2.02. The molecule has 2 N–H and O–H groups in total. The van der Waals surface area contributed by atoms with Crippen LogP contribution in [0.4, 0.5) is 4.79 Å². The first-order valence-corrected chi connectivity index (χ1v) is 5.13. The Kier molecular flexibility index (Phi) is 6.48. The summed E-state index contributed by atoms with van der Waals surface area (Å²) >= 11 is 0. The molecule has 0 aromatic rings. The zero-order chi connectivity index (χ0) is 12.7. The molecule has 0 saturated heterocycles. The third-order valence-corrected chi connectivity index (χ3v) is 2.19. The summed E-state index contributed by atoms with van der Waals surface area (Å²) in [7, 11) is 3.13. The van der Waals surface area contributed by atoms with Gasteiger partial charge in [0.1, 0.15) is 6.04 Å². The maximum Gasteiger partial charge on any atom is 0.326 e. The van der Waals surface area contributed by atoms with Crippen molar-refractivity contribution in [2.45, 2.75) is 19.9 Å². The van der Waals surface area contributed by atoms with Crippen molar-refractivity contribution in [2.75, 3.05) is 27.3 Å². The van der Waals surface area contributed by atoms with E-state index < -0.39 is 18.0 Å². The molecule has 16 heavy (non-hydrogen) atoms.